The van der Waals surface area contributed by atoms with Crippen molar-refractivity contribution in [2.75, 3.05) is 26.2 Å². The summed E-state index contributed by atoms with van der Waals surface area (Å²) in [5.41, 5.74) is 1.40. The lowest BCUT2D eigenvalue weighted by molar-refractivity contribution is 0.213. The molecule has 0 radical (unpaired) electrons. The Bertz CT molecular complexity index is 278. The van der Waals surface area contributed by atoms with Crippen molar-refractivity contribution in [2.45, 2.75) is 39.7 Å². The molecule has 0 aromatic heterocycles. The van der Waals surface area contributed by atoms with Gasteiger partial charge in [-0.25, -0.2) is 0 Å². The van der Waals surface area contributed by atoms with E-state index < -0.39 is 0 Å². The quantitative estimate of drug-likeness (QED) is 0.742. The van der Waals surface area contributed by atoms with E-state index in [1.807, 2.05) is 6.92 Å². The molecule has 96 valence electrons. The number of nitrogens with zero attached hydrogens (tertiary/aromatic N) is 2. The van der Waals surface area contributed by atoms with Gasteiger partial charge in [-0.2, -0.15) is 5.26 Å². The van der Waals surface area contributed by atoms with Crippen LogP contribution in [0.5, 0.6) is 0 Å². The molecule has 0 spiro atoms. The molecule has 1 saturated heterocycles. The summed E-state index contributed by atoms with van der Waals surface area (Å²) in [6, 6.07) is 2.87. The zero-order chi connectivity index (χ0) is 12.7. The van der Waals surface area contributed by atoms with Crippen molar-refractivity contribution < 1.29 is 0 Å². The molecule has 0 aliphatic carbocycles. The van der Waals surface area contributed by atoms with Crippen LogP contribution in [0.2, 0.25) is 0 Å². The van der Waals surface area contributed by atoms with E-state index in [0.717, 1.165) is 13.1 Å². The van der Waals surface area contributed by atoms with Gasteiger partial charge in [0.15, 0.2) is 0 Å². The minimum atomic E-state index is 0.124. The molecule has 3 nitrogen and oxygen atoms in total. The van der Waals surface area contributed by atoms with E-state index >= 15 is 0 Å². The highest BCUT2D eigenvalue weighted by Gasteiger charge is 2.18. The van der Waals surface area contributed by atoms with Crippen molar-refractivity contribution >= 4 is 0 Å². The number of hydrogen-bond acceptors (Lipinski definition) is 3. The second kappa shape index (κ2) is 7.47. The number of allylic oxidation sites excluding steroid dienone is 1. The Kier molecular flexibility index (Phi) is 6.25. The number of rotatable bonds is 5. The lowest BCUT2D eigenvalue weighted by Gasteiger charge is -2.32. The third-order valence-electron chi connectivity index (χ3n) is 3.28. The molecule has 1 heterocycles. The van der Waals surface area contributed by atoms with Gasteiger partial charge in [0.25, 0.3) is 0 Å². The summed E-state index contributed by atoms with van der Waals surface area (Å²) in [4.78, 5) is 2.50. The van der Waals surface area contributed by atoms with Gasteiger partial charge in [-0.3, -0.25) is 4.90 Å². The molecular weight excluding hydrogens is 210 g/mol. The summed E-state index contributed by atoms with van der Waals surface area (Å²) >= 11 is 0. The van der Waals surface area contributed by atoms with Crippen LogP contribution in [0.25, 0.3) is 0 Å². The van der Waals surface area contributed by atoms with Crippen LogP contribution in [0.3, 0.4) is 0 Å². The van der Waals surface area contributed by atoms with E-state index in [2.05, 4.69) is 36.2 Å². The van der Waals surface area contributed by atoms with Crippen LogP contribution in [0.15, 0.2) is 11.6 Å². The van der Waals surface area contributed by atoms with Gasteiger partial charge >= 0.3 is 0 Å². The Morgan fingerprint density at radius 1 is 1.47 bits per heavy atom. The third kappa shape index (κ3) is 5.86. The fourth-order valence-electron chi connectivity index (χ4n) is 2.02. The van der Waals surface area contributed by atoms with Gasteiger partial charge in [0.1, 0.15) is 0 Å². The van der Waals surface area contributed by atoms with Crippen LogP contribution in [0.4, 0.5) is 0 Å². The second-order valence-corrected chi connectivity index (χ2v) is 5.29. The van der Waals surface area contributed by atoms with Crippen molar-refractivity contribution in [1.29, 1.82) is 5.26 Å². The Morgan fingerprint density at radius 2 is 2.12 bits per heavy atom. The Hall–Kier alpha value is -0.850. The highest BCUT2D eigenvalue weighted by Crippen LogP contribution is 2.10. The van der Waals surface area contributed by atoms with Crippen LogP contribution >= 0.6 is 0 Å². The molecule has 1 unspecified atom stereocenters. The van der Waals surface area contributed by atoms with Crippen molar-refractivity contribution in [3.63, 3.8) is 0 Å². The van der Waals surface area contributed by atoms with Gasteiger partial charge < -0.3 is 5.32 Å². The van der Waals surface area contributed by atoms with Crippen LogP contribution in [-0.2, 0) is 0 Å². The zero-order valence-electron chi connectivity index (χ0n) is 11.4. The molecule has 0 bridgehead atoms. The minimum Gasteiger partial charge on any atom is -0.313 e. The number of hydrogen-bond donors (Lipinski definition) is 1. The first kappa shape index (κ1) is 14.2. The molecule has 1 fully saturated rings. The lowest BCUT2D eigenvalue weighted by Crippen LogP contribution is -2.43. The van der Waals surface area contributed by atoms with E-state index in [0.29, 0.717) is 6.04 Å². The SMILES string of the molecule is CC(C)=CCN1CCC(NCC(C)C#N)CC1. The predicted molar refractivity (Wildman–Crippen MR) is 71.7 cm³/mol. The summed E-state index contributed by atoms with van der Waals surface area (Å²) in [6.07, 6.45) is 4.70. The summed E-state index contributed by atoms with van der Waals surface area (Å²) in [6.45, 7) is 10.5. The summed E-state index contributed by atoms with van der Waals surface area (Å²) in [5.74, 6) is 0.124. The zero-order valence-corrected chi connectivity index (χ0v) is 11.4. The molecule has 0 aromatic carbocycles. The smallest absolute Gasteiger partial charge is 0.0666 e. The van der Waals surface area contributed by atoms with E-state index in [4.69, 9.17) is 5.26 Å². The molecule has 17 heavy (non-hydrogen) atoms. The van der Waals surface area contributed by atoms with Crippen molar-refractivity contribution in [3.8, 4) is 6.07 Å². The molecule has 1 aliphatic rings. The molecular formula is C14H25N3. The summed E-state index contributed by atoms with van der Waals surface area (Å²) < 4.78 is 0. The number of likely N-dealkylation sites (tertiary alicyclic amines) is 1. The molecule has 1 aliphatic heterocycles. The molecule has 0 aromatic rings. The topological polar surface area (TPSA) is 39.1 Å². The number of nitriles is 1. The first-order chi connectivity index (χ1) is 8.11. The summed E-state index contributed by atoms with van der Waals surface area (Å²) in [7, 11) is 0. The minimum absolute atomic E-state index is 0.124. The molecule has 1 atom stereocenters. The number of nitrogens with one attached hydrogen (secondary N) is 1. The van der Waals surface area contributed by atoms with E-state index in [9.17, 15) is 0 Å². The second-order valence-electron chi connectivity index (χ2n) is 5.29. The van der Waals surface area contributed by atoms with E-state index in [1.54, 1.807) is 0 Å². The molecule has 3 heteroatoms. The average Bonchev–Trinajstić information content (AvgIpc) is 2.34. The Morgan fingerprint density at radius 3 is 2.65 bits per heavy atom. The van der Waals surface area contributed by atoms with Gasteiger partial charge in [-0.05, 0) is 46.7 Å². The lowest BCUT2D eigenvalue weighted by atomic mass is 10.0. The van der Waals surface area contributed by atoms with Crippen LogP contribution < -0.4 is 5.32 Å². The molecule has 0 amide bonds. The van der Waals surface area contributed by atoms with Gasteiger partial charge in [0, 0.05) is 19.1 Å². The van der Waals surface area contributed by atoms with Crippen molar-refractivity contribution in [1.82, 2.24) is 10.2 Å². The fourth-order valence-corrected chi connectivity index (χ4v) is 2.02. The first-order valence-corrected chi connectivity index (χ1v) is 6.60. The van der Waals surface area contributed by atoms with Crippen molar-refractivity contribution in [2.24, 2.45) is 5.92 Å². The Labute approximate surface area is 105 Å². The van der Waals surface area contributed by atoms with Gasteiger partial charge in [0.05, 0.1) is 12.0 Å². The highest BCUT2D eigenvalue weighted by atomic mass is 15.1. The number of piperidine rings is 1. The molecule has 0 saturated carbocycles. The van der Waals surface area contributed by atoms with Gasteiger partial charge in [-0.1, -0.05) is 11.6 Å². The normalized spacial score (nSPS) is 19.6. The highest BCUT2D eigenvalue weighted by molar-refractivity contribution is 4.95. The van der Waals surface area contributed by atoms with E-state index in [1.165, 1.54) is 31.5 Å². The monoisotopic (exact) mass is 235 g/mol. The maximum atomic E-state index is 8.72. The van der Waals surface area contributed by atoms with E-state index in [-0.39, 0.29) is 5.92 Å². The maximum Gasteiger partial charge on any atom is 0.0666 e. The average molecular weight is 235 g/mol. The van der Waals surface area contributed by atoms with Gasteiger partial charge in [-0.15, -0.1) is 0 Å². The molecule has 1 N–H and O–H groups in total. The standard InChI is InChI=1S/C14H25N3/c1-12(2)4-7-17-8-5-14(6-9-17)16-11-13(3)10-15/h4,13-14,16H,5-9,11H2,1-3H3. The van der Waals surface area contributed by atoms with Gasteiger partial charge in [0.2, 0.25) is 0 Å². The van der Waals surface area contributed by atoms with Crippen LogP contribution in [-0.4, -0.2) is 37.1 Å². The maximum absolute atomic E-state index is 8.72. The fraction of sp³-hybridized carbons (Fsp3) is 0.786. The third-order valence-corrected chi connectivity index (χ3v) is 3.28. The Balaban J connectivity index is 2.18. The van der Waals surface area contributed by atoms with Crippen LogP contribution in [0, 0.1) is 17.2 Å². The largest absolute Gasteiger partial charge is 0.313 e. The van der Waals surface area contributed by atoms with Crippen LogP contribution in [0.1, 0.15) is 33.6 Å². The van der Waals surface area contributed by atoms with Crippen molar-refractivity contribution in [3.05, 3.63) is 11.6 Å². The summed E-state index contributed by atoms with van der Waals surface area (Å²) in [5, 5.41) is 12.2. The molecule has 1 rings (SSSR count). The predicted octanol–water partition coefficient (Wildman–Crippen LogP) is 2.17. The first-order valence-electron chi connectivity index (χ1n) is 6.60.